The number of hydrogen-bond acceptors (Lipinski definition) is 4. The number of rotatable bonds is 5. The summed E-state index contributed by atoms with van der Waals surface area (Å²) >= 11 is 0. The fourth-order valence-electron chi connectivity index (χ4n) is 7.07. The van der Waals surface area contributed by atoms with Gasteiger partial charge in [-0.3, -0.25) is 0 Å². The van der Waals surface area contributed by atoms with Crippen molar-refractivity contribution in [1.29, 1.82) is 0 Å². The smallest absolute Gasteiger partial charge is 0.217 e. The van der Waals surface area contributed by atoms with Crippen molar-refractivity contribution in [2.75, 3.05) is 26.3 Å². The monoisotopic (exact) mass is 531 g/mol. The van der Waals surface area contributed by atoms with Crippen LogP contribution < -0.4 is 0 Å². The minimum absolute atomic E-state index is 0.225. The number of fused-ring (bicyclic) bond motifs is 2. The largest absolute Gasteiger partial charge is 0.381 e. The summed E-state index contributed by atoms with van der Waals surface area (Å²) in [5, 5.41) is 5.24. The van der Waals surface area contributed by atoms with Gasteiger partial charge in [-0.2, -0.15) is 5.10 Å². The number of ether oxygens (including phenoxy) is 1. The Hall–Kier alpha value is -3.07. The first kappa shape index (κ1) is 24.0. The molecule has 1 saturated carbocycles. The van der Waals surface area contributed by atoms with E-state index in [1.54, 1.807) is 16.4 Å². The molecule has 0 unspecified atom stereocenters. The summed E-state index contributed by atoms with van der Waals surface area (Å²) in [5.74, 6) is 0.215. The van der Waals surface area contributed by atoms with Crippen molar-refractivity contribution in [1.82, 2.24) is 14.1 Å². The van der Waals surface area contributed by atoms with Crippen molar-refractivity contribution in [2.24, 2.45) is 5.92 Å². The van der Waals surface area contributed by atoms with Crippen molar-refractivity contribution in [2.45, 2.75) is 36.3 Å². The summed E-state index contributed by atoms with van der Waals surface area (Å²) in [6, 6.07) is 21.2. The van der Waals surface area contributed by atoms with Gasteiger partial charge in [0.1, 0.15) is 5.82 Å². The van der Waals surface area contributed by atoms with Crippen LogP contribution in [0.4, 0.5) is 4.39 Å². The van der Waals surface area contributed by atoms with E-state index < -0.39 is 10.0 Å². The van der Waals surface area contributed by atoms with E-state index in [2.05, 4.69) is 48.4 Å². The van der Waals surface area contributed by atoms with Gasteiger partial charge in [-0.25, -0.2) is 21.8 Å². The highest BCUT2D eigenvalue weighted by atomic mass is 32.2. The third-order valence-electron chi connectivity index (χ3n) is 8.94. The second-order valence-electron chi connectivity index (χ2n) is 10.9. The molecule has 0 amide bonds. The van der Waals surface area contributed by atoms with E-state index in [0.29, 0.717) is 39.1 Å². The molecule has 0 radical (unpaired) electrons. The number of hydrogen-bond donors (Lipinski definition) is 0. The Morgan fingerprint density at radius 1 is 1.03 bits per heavy atom. The molecule has 6 nitrogen and oxygen atoms in total. The third-order valence-corrected chi connectivity index (χ3v) is 11.3. The molecule has 0 spiro atoms. The maximum atomic E-state index is 13.7. The number of nitrogens with zero attached hydrogens (tertiary/aromatic N) is 3. The van der Waals surface area contributed by atoms with Crippen molar-refractivity contribution >= 4 is 20.9 Å². The lowest BCUT2D eigenvalue weighted by Gasteiger charge is -2.30. The summed E-state index contributed by atoms with van der Waals surface area (Å²) in [5.41, 5.74) is 5.07. The Balaban J connectivity index is 1.30. The highest BCUT2D eigenvalue weighted by Gasteiger charge is 2.71. The van der Waals surface area contributed by atoms with Crippen molar-refractivity contribution in [3.8, 4) is 5.69 Å². The molecule has 3 fully saturated rings. The SMILES string of the molecule is Cc1cc2c(cnn2-c2ccc(F)cc2)cc1[C@@]12CN(S(=O)(=O)C3CCOCC3)C[C@@H]1[C@H]2c1ccccc1. The molecule has 1 aliphatic carbocycles. The van der Waals surface area contributed by atoms with E-state index >= 15 is 0 Å². The molecule has 3 heterocycles. The fourth-order valence-corrected chi connectivity index (χ4v) is 9.04. The van der Waals surface area contributed by atoms with Gasteiger partial charge in [0.25, 0.3) is 0 Å². The van der Waals surface area contributed by atoms with Crippen LogP contribution in [0.3, 0.4) is 0 Å². The number of sulfonamides is 1. The van der Waals surface area contributed by atoms with Crippen molar-refractivity contribution in [3.63, 3.8) is 0 Å². The number of benzene rings is 3. The molecule has 4 aromatic rings. The zero-order valence-corrected chi connectivity index (χ0v) is 22.1. The molecule has 8 heteroatoms. The van der Waals surface area contributed by atoms with E-state index in [-0.39, 0.29) is 28.3 Å². The molecule has 2 saturated heterocycles. The molecule has 1 aromatic heterocycles. The Bertz CT molecular complexity index is 1610. The first-order valence-corrected chi connectivity index (χ1v) is 14.8. The lowest BCUT2D eigenvalue weighted by molar-refractivity contribution is 0.0972. The van der Waals surface area contributed by atoms with Gasteiger partial charge in [0, 0.05) is 43.0 Å². The quantitative estimate of drug-likeness (QED) is 0.366. The van der Waals surface area contributed by atoms with E-state index in [9.17, 15) is 12.8 Å². The maximum Gasteiger partial charge on any atom is 0.217 e. The summed E-state index contributed by atoms with van der Waals surface area (Å²) in [4.78, 5) is 0. The second-order valence-corrected chi connectivity index (χ2v) is 13.2. The summed E-state index contributed by atoms with van der Waals surface area (Å²) in [6.07, 6.45) is 2.97. The van der Waals surface area contributed by atoms with Crippen LogP contribution in [0.25, 0.3) is 16.6 Å². The Labute approximate surface area is 222 Å². The molecular formula is C30H30FN3O3S. The minimum Gasteiger partial charge on any atom is -0.381 e. The average Bonchev–Trinajstić information content (AvgIpc) is 3.20. The molecule has 0 bridgehead atoms. The highest BCUT2D eigenvalue weighted by molar-refractivity contribution is 7.89. The first-order valence-electron chi connectivity index (χ1n) is 13.3. The molecule has 3 aromatic carbocycles. The summed E-state index contributed by atoms with van der Waals surface area (Å²) in [7, 11) is -3.40. The van der Waals surface area contributed by atoms with Crippen LogP contribution in [0.2, 0.25) is 0 Å². The Kier molecular flexibility index (Phi) is 5.51. The molecule has 3 atom stereocenters. The van der Waals surface area contributed by atoms with Gasteiger partial charge < -0.3 is 4.74 Å². The molecule has 0 N–H and O–H groups in total. The van der Waals surface area contributed by atoms with Gasteiger partial charge >= 0.3 is 0 Å². The van der Waals surface area contributed by atoms with Gasteiger partial charge in [-0.15, -0.1) is 0 Å². The second kappa shape index (κ2) is 8.73. The lowest BCUT2D eigenvalue weighted by Crippen LogP contribution is -2.42. The first-order chi connectivity index (χ1) is 18.4. The molecular weight excluding hydrogens is 501 g/mol. The lowest BCUT2D eigenvalue weighted by atomic mass is 9.87. The van der Waals surface area contributed by atoms with Gasteiger partial charge in [-0.1, -0.05) is 30.3 Å². The van der Waals surface area contributed by atoms with Gasteiger partial charge in [0.05, 0.1) is 22.7 Å². The normalized spacial score (nSPS) is 26.1. The fraction of sp³-hybridized carbons (Fsp3) is 0.367. The topological polar surface area (TPSA) is 64.4 Å². The number of aromatic nitrogens is 2. The van der Waals surface area contributed by atoms with Crippen molar-refractivity contribution in [3.05, 3.63) is 95.4 Å². The number of piperidine rings is 1. The predicted molar refractivity (Wildman–Crippen MR) is 144 cm³/mol. The van der Waals surface area contributed by atoms with E-state index in [0.717, 1.165) is 22.2 Å². The van der Waals surface area contributed by atoms with Gasteiger partial charge in [0.2, 0.25) is 10.0 Å². The highest BCUT2D eigenvalue weighted by Crippen LogP contribution is 2.70. The van der Waals surface area contributed by atoms with E-state index in [1.165, 1.54) is 23.3 Å². The van der Waals surface area contributed by atoms with Crippen LogP contribution in [0, 0.1) is 18.7 Å². The van der Waals surface area contributed by atoms with Crippen LogP contribution in [0.5, 0.6) is 0 Å². The van der Waals surface area contributed by atoms with Gasteiger partial charge in [0.15, 0.2) is 0 Å². The minimum atomic E-state index is -3.40. The average molecular weight is 532 g/mol. The molecule has 2 aliphatic heterocycles. The van der Waals surface area contributed by atoms with Crippen LogP contribution in [-0.4, -0.2) is 54.1 Å². The maximum absolute atomic E-state index is 13.7. The number of halogens is 1. The summed E-state index contributed by atoms with van der Waals surface area (Å²) < 4.78 is 49.9. The Morgan fingerprint density at radius 3 is 2.50 bits per heavy atom. The standard InChI is InChI=1S/C30H30FN3O3S/c1-20-15-28-22(17-32-34(28)24-9-7-23(31)8-10-24)16-26(20)30-19-33(38(35,36)25-11-13-37-14-12-25)18-27(30)29(30)21-5-3-2-4-6-21/h2-10,15-17,25,27,29H,11-14,18-19H2,1H3/t27-,29-,30+/m1/s1. The van der Waals surface area contributed by atoms with E-state index in [1.807, 2.05) is 16.9 Å². The Morgan fingerprint density at radius 2 is 1.76 bits per heavy atom. The number of aryl methyl sites for hydroxylation is 1. The van der Waals surface area contributed by atoms with Crippen LogP contribution in [0.1, 0.15) is 35.4 Å². The van der Waals surface area contributed by atoms with E-state index in [4.69, 9.17) is 4.74 Å². The zero-order chi connectivity index (χ0) is 26.1. The van der Waals surface area contributed by atoms with Gasteiger partial charge in [-0.05, 0) is 78.8 Å². The molecule has 3 aliphatic rings. The molecule has 7 rings (SSSR count). The predicted octanol–water partition coefficient (Wildman–Crippen LogP) is 4.95. The van der Waals surface area contributed by atoms with Crippen LogP contribution in [-0.2, 0) is 20.2 Å². The molecule has 196 valence electrons. The zero-order valence-electron chi connectivity index (χ0n) is 21.3. The third kappa shape index (κ3) is 3.57. The van der Waals surface area contributed by atoms with Crippen LogP contribution >= 0.6 is 0 Å². The summed E-state index contributed by atoms with van der Waals surface area (Å²) in [6.45, 7) is 4.17. The van der Waals surface area contributed by atoms with Crippen LogP contribution in [0.15, 0.2) is 72.9 Å². The van der Waals surface area contributed by atoms with Crippen molar-refractivity contribution < 1.29 is 17.5 Å². The molecule has 38 heavy (non-hydrogen) atoms.